The van der Waals surface area contributed by atoms with E-state index in [1.54, 1.807) is 25.0 Å². The number of anilines is 1. The van der Waals surface area contributed by atoms with Crippen LogP contribution in [0, 0.1) is 13.8 Å². The molecule has 2 rings (SSSR count). The number of sulfonamides is 1. The smallest absolute Gasteiger partial charge is 0.242 e. The first kappa shape index (κ1) is 29.2. The van der Waals surface area contributed by atoms with Crippen molar-refractivity contribution in [3.05, 3.63) is 59.2 Å². The van der Waals surface area contributed by atoms with Gasteiger partial charge in [-0.15, -0.1) is 0 Å². The summed E-state index contributed by atoms with van der Waals surface area (Å²) in [6, 6.07) is 12.2. The lowest BCUT2D eigenvalue weighted by Gasteiger charge is -2.29. The highest BCUT2D eigenvalue weighted by Crippen LogP contribution is 2.25. The third-order valence-corrected chi connectivity index (χ3v) is 7.41. The molecule has 36 heavy (non-hydrogen) atoms. The van der Waals surface area contributed by atoms with Crippen LogP contribution in [-0.2, 0) is 26.2 Å². The molecule has 0 aliphatic rings. The molecule has 0 saturated heterocycles. The highest BCUT2D eigenvalue weighted by molar-refractivity contribution is 7.92. The van der Waals surface area contributed by atoms with Crippen LogP contribution < -0.4 is 14.4 Å². The highest BCUT2D eigenvalue weighted by Gasteiger charge is 2.26. The van der Waals surface area contributed by atoms with Gasteiger partial charge in [-0.05, 0) is 68.5 Å². The van der Waals surface area contributed by atoms with Gasteiger partial charge in [-0.1, -0.05) is 31.2 Å². The minimum absolute atomic E-state index is 0.110. The topological polar surface area (TPSA) is 96.0 Å². The molecule has 8 nitrogen and oxygen atoms in total. The van der Waals surface area contributed by atoms with Gasteiger partial charge in [-0.25, -0.2) is 8.42 Å². The van der Waals surface area contributed by atoms with Crippen molar-refractivity contribution < 1.29 is 22.7 Å². The summed E-state index contributed by atoms with van der Waals surface area (Å²) < 4.78 is 31.7. The van der Waals surface area contributed by atoms with E-state index in [0.29, 0.717) is 24.4 Å². The maximum Gasteiger partial charge on any atom is 0.242 e. The van der Waals surface area contributed by atoms with Crippen LogP contribution >= 0.6 is 0 Å². The summed E-state index contributed by atoms with van der Waals surface area (Å²) in [6.07, 6.45) is 2.40. The van der Waals surface area contributed by atoms with E-state index in [1.807, 2.05) is 57.2 Å². The molecule has 0 spiro atoms. The van der Waals surface area contributed by atoms with Gasteiger partial charge >= 0.3 is 0 Å². The van der Waals surface area contributed by atoms with Crippen LogP contribution in [0.5, 0.6) is 5.75 Å². The quantitative estimate of drug-likeness (QED) is 0.436. The Morgan fingerprint density at radius 1 is 1.08 bits per heavy atom. The fraction of sp³-hybridized carbons (Fsp3) is 0.481. The number of methoxy groups -OCH3 is 1. The Hall–Kier alpha value is -3.07. The number of nitrogens with zero attached hydrogens (tertiary/aromatic N) is 2. The van der Waals surface area contributed by atoms with E-state index in [1.165, 1.54) is 10.6 Å². The van der Waals surface area contributed by atoms with Crippen LogP contribution in [0.3, 0.4) is 0 Å². The van der Waals surface area contributed by atoms with Crippen LogP contribution in [0.15, 0.2) is 42.5 Å². The minimum Gasteiger partial charge on any atom is -0.497 e. The summed E-state index contributed by atoms with van der Waals surface area (Å²) in [5, 5.41) is 2.86. The molecular weight excluding hydrogens is 478 g/mol. The average molecular weight is 518 g/mol. The van der Waals surface area contributed by atoms with Crippen molar-refractivity contribution in [1.29, 1.82) is 0 Å². The van der Waals surface area contributed by atoms with Gasteiger partial charge in [0, 0.05) is 26.1 Å². The number of hydrogen-bond acceptors (Lipinski definition) is 5. The van der Waals surface area contributed by atoms with E-state index in [2.05, 4.69) is 5.32 Å². The molecule has 1 atom stereocenters. The number of rotatable bonds is 13. The van der Waals surface area contributed by atoms with Crippen molar-refractivity contribution in [3.8, 4) is 5.75 Å². The van der Waals surface area contributed by atoms with Crippen molar-refractivity contribution in [1.82, 2.24) is 10.2 Å². The summed E-state index contributed by atoms with van der Waals surface area (Å²) >= 11 is 0. The fourth-order valence-corrected chi connectivity index (χ4v) is 4.91. The predicted molar refractivity (Wildman–Crippen MR) is 144 cm³/mol. The molecule has 1 unspecified atom stereocenters. The Morgan fingerprint density at radius 3 is 2.33 bits per heavy atom. The second kappa shape index (κ2) is 13.3. The summed E-state index contributed by atoms with van der Waals surface area (Å²) in [5.74, 6) is 0.281. The lowest BCUT2D eigenvalue weighted by Crippen LogP contribution is -2.47. The fourth-order valence-electron chi connectivity index (χ4n) is 3.89. The van der Waals surface area contributed by atoms with Gasteiger partial charge in [0.15, 0.2) is 0 Å². The molecule has 2 aromatic carbocycles. The van der Waals surface area contributed by atoms with Crippen LogP contribution in [0.4, 0.5) is 5.69 Å². The van der Waals surface area contributed by atoms with Crippen molar-refractivity contribution >= 4 is 27.5 Å². The molecule has 9 heteroatoms. The number of benzene rings is 2. The Labute approximate surface area is 215 Å². The number of carbonyl (C=O) groups excluding carboxylic acids is 2. The van der Waals surface area contributed by atoms with E-state index in [-0.39, 0.29) is 31.3 Å². The first-order valence-electron chi connectivity index (χ1n) is 12.2. The second-order valence-corrected chi connectivity index (χ2v) is 10.9. The zero-order valence-electron chi connectivity index (χ0n) is 22.2. The van der Waals surface area contributed by atoms with E-state index in [0.717, 1.165) is 23.1 Å². The van der Waals surface area contributed by atoms with Crippen LogP contribution in [0.2, 0.25) is 0 Å². The summed E-state index contributed by atoms with van der Waals surface area (Å²) in [7, 11) is -1.95. The number of nitrogens with one attached hydrogen (secondary N) is 1. The van der Waals surface area contributed by atoms with E-state index in [9.17, 15) is 18.0 Å². The standard InChI is InChI=1S/C27H39N3O5S/c1-7-17-28-27(32)22(4)29(19-23-13-15-24(35-5)16-14-23)26(31)12-9-18-30(36(6,33)34)25-11-8-10-20(2)21(25)3/h8,10-11,13-16,22H,7,9,12,17-19H2,1-6H3,(H,28,32). The van der Waals surface area contributed by atoms with Crippen molar-refractivity contribution in [3.63, 3.8) is 0 Å². The maximum atomic E-state index is 13.3. The largest absolute Gasteiger partial charge is 0.497 e. The second-order valence-electron chi connectivity index (χ2n) is 8.99. The lowest BCUT2D eigenvalue weighted by atomic mass is 10.1. The summed E-state index contributed by atoms with van der Waals surface area (Å²) in [5.41, 5.74) is 3.37. The third-order valence-electron chi connectivity index (χ3n) is 6.23. The lowest BCUT2D eigenvalue weighted by molar-refractivity contribution is -0.140. The molecule has 0 aliphatic carbocycles. The number of ether oxygens (including phenoxy) is 1. The normalized spacial score (nSPS) is 12.1. The van der Waals surface area contributed by atoms with E-state index in [4.69, 9.17) is 4.74 Å². The molecule has 0 heterocycles. The van der Waals surface area contributed by atoms with Crippen molar-refractivity contribution in [2.75, 3.05) is 30.8 Å². The monoisotopic (exact) mass is 517 g/mol. The van der Waals surface area contributed by atoms with Gasteiger partial charge in [-0.2, -0.15) is 0 Å². The number of carbonyl (C=O) groups is 2. The van der Waals surface area contributed by atoms with Crippen LogP contribution in [0.25, 0.3) is 0 Å². The molecule has 0 radical (unpaired) electrons. The van der Waals surface area contributed by atoms with Gasteiger partial charge in [0.25, 0.3) is 0 Å². The Morgan fingerprint density at radius 2 is 1.75 bits per heavy atom. The number of aryl methyl sites for hydroxylation is 1. The number of hydrogen-bond donors (Lipinski definition) is 1. The zero-order valence-corrected chi connectivity index (χ0v) is 23.0. The highest BCUT2D eigenvalue weighted by atomic mass is 32.2. The van der Waals surface area contributed by atoms with E-state index >= 15 is 0 Å². The Bertz CT molecular complexity index is 1130. The van der Waals surface area contributed by atoms with Gasteiger partial charge in [0.1, 0.15) is 11.8 Å². The number of amides is 2. The molecule has 0 aromatic heterocycles. The third kappa shape index (κ3) is 7.98. The van der Waals surface area contributed by atoms with Gasteiger partial charge in [-0.3, -0.25) is 13.9 Å². The Kier molecular flexibility index (Phi) is 10.8. The van der Waals surface area contributed by atoms with Crippen LogP contribution in [-0.4, -0.2) is 57.6 Å². The molecule has 198 valence electrons. The zero-order chi connectivity index (χ0) is 26.9. The average Bonchev–Trinajstić information content (AvgIpc) is 2.84. The summed E-state index contributed by atoms with van der Waals surface area (Å²) in [6.45, 7) is 8.47. The first-order chi connectivity index (χ1) is 17.0. The molecular formula is C27H39N3O5S. The molecule has 1 N–H and O–H groups in total. The van der Waals surface area contributed by atoms with Crippen LogP contribution in [0.1, 0.15) is 49.8 Å². The summed E-state index contributed by atoms with van der Waals surface area (Å²) in [4.78, 5) is 27.6. The van der Waals surface area contributed by atoms with Crippen molar-refractivity contribution in [2.24, 2.45) is 0 Å². The SMILES string of the molecule is CCCNC(=O)C(C)N(Cc1ccc(OC)cc1)C(=O)CCCN(c1cccc(C)c1C)S(C)(=O)=O. The molecule has 0 bridgehead atoms. The Balaban J connectivity index is 2.19. The molecule has 2 aromatic rings. The van der Waals surface area contributed by atoms with Gasteiger partial charge in [0.2, 0.25) is 21.8 Å². The van der Waals surface area contributed by atoms with Gasteiger partial charge < -0.3 is 15.0 Å². The molecule has 0 saturated carbocycles. The molecule has 0 aliphatic heterocycles. The molecule has 2 amide bonds. The van der Waals surface area contributed by atoms with Gasteiger partial charge in [0.05, 0.1) is 19.1 Å². The van der Waals surface area contributed by atoms with Crippen molar-refractivity contribution in [2.45, 2.75) is 59.5 Å². The minimum atomic E-state index is -3.54. The predicted octanol–water partition coefficient (Wildman–Crippen LogP) is 3.80. The van der Waals surface area contributed by atoms with E-state index < -0.39 is 16.1 Å². The molecule has 0 fully saturated rings. The maximum absolute atomic E-state index is 13.3. The first-order valence-corrected chi connectivity index (χ1v) is 14.1.